The molecule has 5 heteroatoms. The summed E-state index contributed by atoms with van der Waals surface area (Å²) in [6, 6.07) is 7.66. The van der Waals surface area contributed by atoms with E-state index >= 15 is 0 Å². The van der Waals surface area contributed by atoms with Gasteiger partial charge in [0.15, 0.2) is 0 Å². The van der Waals surface area contributed by atoms with E-state index < -0.39 is 0 Å². The van der Waals surface area contributed by atoms with Crippen LogP contribution >= 0.6 is 0 Å². The quantitative estimate of drug-likeness (QED) is 0.919. The molecule has 0 aliphatic carbocycles. The number of aromatic nitrogens is 2. The van der Waals surface area contributed by atoms with Crippen LogP contribution in [0.25, 0.3) is 11.4 Å². The number of imidazole rings is 1. The molecule has 1 amide bonds. The molecule has 1 N–H and O–H groups in total. The third kappa shape index (κ3) is 3.85. The molecule has 0 saturated carbocycles. The van der Waals surface area contributed by atoms with Crippen LogP contribution in [0.1, 0.15) is 29.6 Å². The summed E-state index contributed by atoms with van der Waals surface area (Å²) in [6.45, 7) is 3.06. The average molecular weight is 326 g/mol. The van der Waals surface area contributed by atoms with Crippen LogP contribution < -0.4 is 5.32 Å². The third-order valence-electron chi connectivity index (χ3n) is 4.79. The molecule has 2 aromatic rings. The van der Waals surface area contributed by atoms with Crippen molar-refractivity contribution in [3.63, 3.8) is 0 Å². The summed E-state index contributed by atoms with van der Waals surface area (Å²) in [5.74, 6) is 1.49. The minimum Gasteiger partial charge on any atom is -0.352 e. The third-order valence-corrected chi connectivity index (χ3v) is 4.79. The van der Waals surface area contributed by atoms with E-state index in [-0.39, 0.29) is 5.91 Å². The van der Waals surface area contributed by atoms with E-state index in [4.69, 9.17) is 0 Å². The van der Waals surface area contributed by atoms with Gasteiger partial charge in [-0.25, -0.2) is 4.98 Å². The molecule has 3 rings (SSSR count). The number of carbonyl (C=O) groups is 1. The van der Waals surface area contributed by atoms with Gasteiger partial charge in [0, 0.05) is 38.1 Å². The number of likely N-dealkylation sites (tertiary alicyclic amines) is 1. The fraction of sp³-hybridized carbons (Fsp3) is 0.474. The minimum absolute atomic E-state index is 0.0160. The van der Waals surface area contributed by atoms with E-state index in [1.807, 2.05) is 42.1 Å². The molecular formula is C19H26N4O. The summed E-state index contributed by atoms with van der Waals surface area (Å²) in [6.07, 6.45) is 7.22. The minimum atomic E-state index is -0.0160. The number of nitrogens with one attached hydrogen (secondary N) is 1. The number of rotatable bonds is 5. The summed E-state index contributed by atoms with van der Waals surface area (Å²) in [5, 5.41) is 3.09. The molecule has 128 valence electrons. The number of piperidine rings is 1. The number of benzene rings is 1. The maximum absolute atomic E-state index is 12.6. The van der Waals surface area contributed by atoms with Crippen LogP contribution in [0.4, 0.5) is 0 Å². The fourth-order valence-corrected chi connectivity index (χ4v) is 3.50. The molecule has 5 nitrogen and oxygen atoms in total. The van der Waals surface area contributed by atoms with Crippen LogP contribution in [0.3, 0.4) is 0 Å². The molecule has 0 bridgehead atoms. The number of nitrogens with zero attached hydrogens (tertiary/aromatic N) is 3. The SMILES string of the molecule is CN1CCC[C@H](CCNC(=O)c2ccccc2-c2nccn2C)C1. The molecule has 24 heavy (non-hydrogen) atoms. The number of hydrogen-bond acceptors (Lipinski definition) is 3. The summed E-state index contributed by atoms with van der Waals surface area (Å²) in [7, 11) is 4.12. The highest BCUT2D eigenvalue weighted by Crippen LogP contribution is 2.22. The van der Waals surface area contributed by atoms with Gasteiger partial charge in [0.2, 0.25) is 0 Å². The Balaban J connectivity index is 1.62. The fourth-order valence-electron chi connectivity index (χ4n) is 3.50. The lowest BCUT2D eigenvalue weighted by Gasteiger charge is -2.29. The van der Waals surface area contributed by atoms with Gasteiger partial charge in [0.05, 0.1) is 5.56 Å². The predicted octanol–water partition coefficient (Wildman–Crippen LogP) is 2.55. The van der Waals surface area contributed by atoms with Gasteiger partial charge in [-0.05, 0) is 44.8 Å². The highest BCUT2D eigenvalue weighted by atomic mass is 16.1. The van der Waals surface area contributed by atoms with Gasteiger partial charge >= 0.3 is 0 Å². The van der Waals surface area contributed by atoms with Gasteiger partial charge in [0.1, 0.15) is 5.82 Å². The van der Waals surface area contributed by atoms with Crippen molar-refractivity contribution >= 4 is 5.91 Å². The van der Waals surface area contributed by atoms with Crippen molar-refractivity contribution in [1.82, 2.24) is 19.8 Å². The van der Waals surface area contributed by atoms with Crippen LogP contribution in [0.2, 0.25) is 0 Å². The Bertz CT molecular complexity index is 694. The Morgan fingerprint density at radius 3 is 2.92 bits per heavy atom. The zero-order valence-electron chi connectivity index (χ0n) is 14.5. The molecule has 1 saturated heterocycles. The second-order valence-electron chi connectivity index (χ2n) is 6.72. The van der Waals surface area contributed by atoms with E-state index in [9.17, 15) is 4.79 Å². The first-order valence-corrected chi connectivity index (χ1v) is 8.68. The van der Waals surface area contributed by atoms with E-state index in [1.54, 1.807) is 6.20 Å². The normalized spacial score (nSPS) is 18.5. The van der Waals surface area contributed by atoms with Crippen molar-refractivity contribution in [2.45, 2.75) is 19.3 Å². The van der Waals surface area contributed by atoms with Crippen molar-refractivity contribution in [2.75, 3.05) is 26.7 Å². The van der Waals surface area contributed by atoms with E-state index in [2.05, 4.69) is 22.2 Å². The van der Waals surface area contributed by atoms with Crippen LogP contribution in [-0.4, -0.2) is 47.0 Å². The van der Waals surface area contributed by atoms with Crippen LogP contribution in [-0.2, 0) is 7.05 Å². The maximum Gasteiger partial charge on any atom is 0.252 e. The first kappa shape index (κ1) is 16.7. The van der Waals surface area contributed by atoms with E-state index in [0.717, 1.165) is 30.9 Å². The number of carbonyl (C=O) groups excluding carboxylic acids is 1. The second kappa shape index (κ2) is 7.62. The Hall–Kier alpha value is -2.14. The van der Waals surface area contributed by atoms with Crippen molar-refractivity contribution in [3.05, 3.63) is 42.2 Å². The number of hydrogen-bond donors (Lipinski definition) is 1. The smallest absolute Gasteiger partial charge is 0.252 e. The van der Waals surface area contributed by atoms with Gasteiger partial charge in [-0.3, -0.25) is 4.79 Å². The molecule has 1 atom stereocenters. The highest BCUT2D eigenvalue weighted by molar-refractivity contribution is 6.00. The zero-order valence-corrected chi connectivity index (χ0v) is 14.5. The first-order valence-electron chi connectivity index (χ1n) is 8.68. The number of amides is 1. The number of aryl methyl sites for hydroxylation is 1. The maximum atomic E-state index is 12.6. The Morgan fingerprint density at radius 1 is 1.33 bits per heavy atom. The molecular weight excluding hydrogens is 300 g/mol. The Morgan fingerprint density at radius 2 is 2.17 bits per heavy atom. The predicted molar refractivity (Wildman–Crippen MR) is 95.8 cm³/mol. The molecule has 0 unspecified atom stereocenters. The summed E-state index contributed by atoms with van der Waals surface area (Å²) < 4.78 is 1.93. The highest BCUT2D eigenvalue weighted by Gasteiger charge is 2.18. The van der Waals surface area contributed by atoms with Crippen molar-refractivity contribution < 1.29 is 4.79 Å². The van der Waals surface area contributed by atoms with Crippen molar-refractivity contribution in [3.8, 4) is 11.4 Å². The lowest BCUT2D eigenvalue weighted by atomic mass is 9.95. The van der Waals surface area contributed by atoms with Crippen LogP contribution in [0.15, 0.2) is 36.7 Å². The van der Waals surface area contributed by atoms with Gasteiger partial charge in [-0.2, -0.15) is 0 Å². The molecule has 1 aliphatic rings. The molecule has 2 heterocycles. The summed E-state index contributed by atoms with van der Waals surface area (Å²) in [5.41, 5.74) is 1.56. The molecule has 1 aliphatic heterocycles. The van der Waals surface area contributed by atoms with Gasteiger partial charge in [-0.1, -0.05) is 18.2 Å². The largest absolute Gasteiger partial charge is 0.352 e. The molecule has 0 spiro atoms. The van der Waals surface area contributed by atoms with Gasteiger partial charge in [0.25, 0.3) is 5.91 Å². The summed E-state index contributed by atoms with van der Waals surface area (Å²) >= 11 is 0. The molecule has 1 aromatic carbocycles. The average Bonchev–Trinajstić information content (AvgIpc) is 3.01. The van der Waals surface area contributed by atoms with Crippen molar-refractivity contribution in [2.24, 2.45) is 13.0 Å². The van der Waals surface area contributed by atoms with Crippen LogP contribution in [0.5, 0.6) is 0 Å². The lowest BCUT2D eigenvalue weighted by molar-refractivity contribution is 0.0949. The van der Waals surface area contributed by atoms with E-state index in [0.29, 0.717) is 11.5 Å². The summed E-state index contributed by atoms with van der Waals surface area (Å²) in [4.78, 5) is 19.4. The monoisotopic (exact) mass is 326 g/mol. The Kier molecular flexibility index (Phi) is 5.30. The molecule has 1 fully saturated rings. The first-order chi connectivity index (χ1) is 11.6. The molecule has 1 aromatic heterocycles. The van der Waals surface area contributed by atoms with Crippen LogP contribution in [0, 0.1) is 5.92 Å². The van der Waals surface area contributed by atoms with Crippen molar-refractivity contribution in [1.29, 1.82) is 0 Å². The second-order valence-corrected chi connectivity index (χ2v) is 6.72. The topological polar surface area (TPSA) is 50.2 Å². The molecule has 0 radical (unpaired) electrons. The van der Waals surface area contributed by atoms with Gasteiger partial charge < -0.3 is 14.8 Å². The van der Waals surface area contributed by atoms with E-state index in [1.165, 1.54) is 19.4 Å². The zero-order chi connectivity index (χ0) is 16.9. The Labute approximate surface area is 143 Å². The lowest BCUT2D eigenvalue weighted by Crippen LogP contribution is -2.34. The standard InChI is InChI=1S/C19H26N4O/c1-22-12-5-6-15(14-22)9-10-21-19(24)17-8-4-3-7-16(17)18-20-11-13-23(18)2/h3-4,7-8,11,13,15H,5-6,9-10,12,14H2,1-2H3,(H,21,24)/t15-/m1/s1. The van der Waals surface area contributed by atoms with Gasteiger partial charge in [-0.15, -0.1) is 0 Å².